The molecule has 134 valence electrons. The van der Waals surface area contributed by atoms with Crippen LogP contribution in [-0.4, -0.2) is 59.5 Å². The minimum atomic E-state index is -3.57. The van der Waals surface area contributed by atoms with E-state index < -0.39 is 10.0 Å². The molecule has 1 aromatic rings. The number of quaternary nitrogens is 1. The topological polar surface area (TPSA) is 80.2 Å². The second kappa shape index (κ2) is 7.96. The van der Waals surface area contributed by atoms with E-state index in [9.17, 15) is 13.2 Å². The van der Waals surface area contributed by atoms with E-state index in [1.54, 1.807) is 6.07 Å². The number of ether oxygens (including phenoxy) is 1. The highest BCUT2D eigenvalue weighted by molar-refractivity contribution is 7.89. The molecule has 0 aromatic heterocycles. The first kappa shape index (κ1) is 18.7. The molecular weight excluding hydrogens is 330 g/mol. The van der Waals surface area contributed by atoms with E-state index in [-0.39, 0.29) is 10.8 Å². The van der Waals surface area contributed by atoms with Gasteiger partial charge < -0.3 is 15.0 Å². The van der Waals surface area contributed by atoms with Crippen LogP contribution >= 0.6 is 0 Å². The first-order chi connectivity index (χ1) is 11.3. The van der Waals surface area contributed by atoms with Gasteiger partial charge in [-0.15, -0.1) is 0 Å². The van der Waals surface area contributed by atoms with Crippen LogP contribution in [0.5, 0.6) is 5.75 Å². The molecule has 0 saturated carbocycles. The van der Waals surface area contributed by atoms with Crippen molar-refractivity contribution < 1.29 is 22.8 Å². The number of hydrogen-bond donors (Lipinski definition) is 2. The summed E-state index contributed by atoms with van der Waals surface area (Å²) in [5.41, 5.74) is 0.377. The number of likely N-dealkylation sites (tertiary alicyclic amines) is 1. The van der Waals surface area contributed by atoms with E-state index in [0.717, 1.165) is 30.2 Å². The fraction of sp³-hybridized carbons (Fsp3) is 0.562. The lowest BCUT2D eigenvalue weighted by Crippen LogP contribution is -3.13. The summed E-state index contributed by atoms with van der Waals surface area (Å²) in [7, 11) is 0.861. The summed E-state index contributed by atoms with van der Waals surface area (Å²) < 4.78 is 30.9. The number of benzene rings is 1. The average Bonchev–Trinajstić information content (AvgIpc) is 2.55. The van der Waals surface area contributed by atoms with Gasteiger partial charge in [0.05, 0.1) is 30.8 Å². The molecule has 0 aliphatic carbocycles. The molecule has 0 spiro atoms. The van der Waals surface area contributed by atoms with Gasteiger partial charge in [-0.25, -0.2) is 12.7 Å². The number of sulfonamides is 1. The van der Waals surface area contributed by atoms with Crippen molar-refractivity contribution in [1.82, 2.24) is 4.31 Å². The van der Waals surface area contributed by atoms with Crippen LogP contribution in [0.25, 0.3) is 0 Å². The van der Waals surface area contributed by atoms with Crippen LogP contribution < -0.4 is 15.0 Å². The fourth-order valence-electron chi connectivity index (χ4n) is 2.81. The summed E-state index contributed by atoms with van der Waals surface area (Å²) in [5.74, 6) is 0.305. The van der Waals surface area contributed by atoms with Crippen LogP contribution in [0.3, 0.4) is 0 Å². The van der Waals surface area contributed by atoms with Gasteiger partial charge in [0.25, 0.3) is 5.91 Å². The molecule has 1 heterocycles. The summed E-state index contributed by atoms with van der Waals surface area (Å²) >= 11 is 0. The SMILES string of the molecule is COc1ccc(S(=O)(=O)N(C)C)cc1NC(=O)C[NH+]1CCCCC1. The Bertz CT molecular complexity index is 683. The quantitative estimate of drug-likeness (QED) is 0.749. The molecule has 1 saturated heterocycles. The molecule has 7 nitrogen and oxygen atoms in total. The van der Waals surface area contributed by atoms with Crippen LogP contribution in [0.2, 0.25) is 0 Å². The number of nitrogens with one attached hydrogen (secondary N) is 2. The van der Waals surface area contributed by atoms with Crippen molar-refractivity contribution in [2.45, 2.75) is 24.2 Å². The monoisotopic (exact) mass is 356 g/mol. The Morgan fingerprint density at radius 2 is 1.92 bits per heavy atom. The molecular formula is C16H26N3O4S+. The predicted octanol–water partition coefficient (Wildman–Crippen LogP) is -0.0472. The zero-order valence-corrected chi connectivity index (χ0v) is 15.3. The molecule has 1 aliphatic rings. The molecule has 0 radical (unpaired) electrons. The number of nitrogens with zero attached hydrogens (tertiary/aromatic N) is 1. The third-order valence-electron chi connectivity index (χ3n) is 4.19. The van der Waals surface area contributed by atoms with Crippen molar-refractivity contribution in [1.29, 1.82) is 0 Å². The third kappa shape index (κ3) is 4.46. The molecule has 1 aromatic carbocycles. The normalized spacial score (nSPS) is 16.2. The summed E-state index contributed by atoms with van der Waals surface area (Å²) in [6.07, 6.45) is 3.51. The highest BCUT2D eigenvalue weighted by atomic mass is 32.2. The van der Waals surface area contributed by atoms with Crippen LogP contribution in [0, 0.1) is 0 Å². The standard InChI is InChI=1S/C16H25N3O4S/c1-18(2)24(21,22)13-7-8-15(23-3)14(11-13)17-16(20)12-19-9-5-4-6-10-19/h7-8,11H,4-6,9-10,12H2,1-3H3,(H,17,20)/p+1. The minimum absolute atomic E-state index is 0.119. The third-order valence-corrected chi connectivity index (χ3v) is 6.01. The fourth-order valence-corrected chi connectivity index (χ4v) is 3.73. The molecule has 1 amide bonds. The summed E-state index contributed by atoms with van der Waals surface area (Å²) in [5, 5.41) is 2.79. The zero-order valence-electron chi connectivity index (χ0n) is 14.5. The van der Waals surface area contributed by atoms with Crippen molar-refractivity contribution in [2.24, 2.45) is 0 Å². The number of amides is 1. The summed E-state index contributed by atoms with van der Waals surface area (Å²) in [6, 6.07) is 4.47. The highest BCUT2D eigenvalue weighted by Gasteiger charge is 2.21. The Labute approximate surface area is 143 Å². The molecule has 1 fully saturated rings. The van der Waals surface area contributed by atoms with Gasteiger partial charge in [0.2, 0.25) is 10.0 Å². The number of methoxy groups -OCH3 is 1. The van der Waals surface area contributed by atoms with Crippen molar-refractivity contribution >= 4 is 21.6 Å². The van der Waals surface area contributed by atoms with E-state index >= 15 is 0 Å². The van der Waals surface area contributed by atoms with Crippen LogP contribution in [0.4, 0.5) is 5.69 Å². The van der Waals surface area contributed by atoms with Gasteiger partial charge in [-0.3, -0.25) is 4.79 Å². The van der Waals surface area contributed by atoms with E-state index in [0.29, 0.717) is 18.0 Å². The van der Waals surface area contributed by atoms with Crippen molar-refractivity contribution in [2.75, 3.05) is 46.2 Å². The molecule has 2 rings (SSSR count). The first-order valence-electron chi connectivity index (χ1n) is 8.08. The van der Waals surface area contributed by atoms with Gasteiger partial charge in [0.15, 0.2) is 6.54 Å². The minimum Gasteiger partial charge on any atom is -0.495 e. The number of rotatable bonds is 6. The Morgan fingerprint density at radius 1 is 1.25 bits per heavy atom. The van der Waals surface area contributed by atoms with E-state index in [1.165, 1.54) is 44.7 Å². The van der Waals surface area contributed by atoms with Gasteiger partial charge in [-0.2, -0.15) is 0 Å². The zero-order chi connectivity index (χ0) is 17.7. The van der Waals surface area contributed by atoms with Gasteiger partial charge in [0.1, 0.15) is 5.75 Å². The maximum atomic E-state index is 12.3. The van der Waals surface area contributed by atoms with Gasteiger partial charge >= 0.3 is 0 Å². The van der Waals surface area contributed by atoms with Crippen molar-refractivity contribution in [3.63, 3.8) is 0 Å². The maximum Gasteiger partial charge on any atom is 0.279 e. The highest BCUT2D eigenvalue weighted by Crippen LogP contribution is 2.28. The molecule has 0 bridgehead atoms. The van der Waals surface area contributed by atoms with Crippen LogP contribution in [0.15, 0.2) is 23.1 Å². The predicted molar refractivity (Wildman–Crippen MR) is 91.9 cm³/mol. The number of carbonyl (C=O) groups is 1. The summed E-state index contributed by atoms with van der Waals surface area (Å²) in [6.45, 7) is 2.38. The Hall–Kier alpha value is -1.64. The Morgan fingerprint density at radius 3 is 2.50 bits per heavy atom. The largest absolute Gasteiger partial charge is 0.495 e. The second-order valence-corrected chi connectivity index (χ2v) is 8.34. The van der Waals surface area contributed by atoms with Crippen LogP contribution in [0.1, 0.15) is 19.3 Å². The van der Waals surface area contributed by atoms with Gasteiger partial charge in [-0.1, -0.05) is 0 Å². The van der Waals surface area contributed by atoms with Gasteiger partial charge in [0, 0.05) is 14.1 Å². The molecule has 24 heavy (non-hydrogen) atoms. The number of anilines is 1. The smallest absolute Gasteiger partial charge is 0.279 e. The number of piperidine rings is 1. The molecule has 2 N–H and O–H groups in total. The number of hydrogen-bond acceptors (Lipinski definition) is 4. The molecule has 1 aliphatic heterocycles. The lowest BCUT2D eigenvalue weighted by atomic mass is 10.1. The Kier molecular flexibility index (Phi) is 6.20. The number of carbonyl (C=O) groups excluding carboxylic acids is 1. The van der Waals surface area contributed by atoms with E-state index in [2.05, 4.69) is 5.32 Å². The van der Waals surface area contributed by atoms with Crippen molar-refractivity contribution in [3.05, 3.63) is 18.2 Å². The molecule has 0 unspecified atom stereocenters. The average molecular weight is 356 g/mol. The lowest BCUT2D eigenvalue weighted by Gasteiger charge is -2.23. The lowest BCUT2D eigenvalue weighted by molar-refractivity contribution is -0.896. The van der Waals surface area contributed by atoms with Gasteiger partial charge in [-0.05, 0) is 37.5 Å². The Balaban J connectivity index is 2.16. The van der Waals surface area contributed by atoms with Crippen LogP contribution in [-0.2, 0) is 14.8 Å². The first-order valence-corrected chi connectivity index (χ1v) is 9.52. The second-order valence-electron chi connectivity index (χ2n) is 6.19. The maximum absolute atomic E-state index is 12.3. The molecule has 8 heteroatoms. The van der Waals surface area contributed by atoms with E-state index in [1.807, 2.05) is 0 Å². The molecule has 0 atom stereocenters. The van der Waals surface area contributed by atoms with Crippen molar-refractivity contribution in [3.8, 4) is 5.75 Å². The summed E-state index contributed by atoms with van der Waals surface area (Å²) in [4.78, 5) is 13.7. The van der Waals surface area contributed by atoms with E-state index in [4.69, 9.17) is 4.74 Å².